The van der Waals surface area contributed by atoms with Gasteiger partial charge in [0.05, 0.1) is 36.1 Å². The monoisotopic (exact) mass is 564 g/mol. The van der Waals surface area contributed by atoms with E-state index in [9.17, 15) is 9.59 Å². The lowest BCUT2D eigenvalue weighted by atomic mass is 9.94. The fraction of sp³-hybridized carbons (Fsp3) is 0.303. The third-order valence-electron chi connectivity index (χ3n) is 8.03. The zero-order valence-corrected chi connectivity index (χ0v) is 23.8. The molecule has 0 bridgehead atoms. The van der Waals surface area contributed by atoms with Crippen LogP contribution in [0.25, 0.3) is 11.3 Å². The van der Waals surface area contributed by atoms with Crippen LogP contribution in [0.1, 0.15) is 34.0 Å². The first-order chi connectivity index (χ1) is 20.6. The van der Waals surface area contributed by atoms with Gasteiger partial charge in [0.15, 0.2) is 0 Å². The number of likely N-dealkylation sites (N-methyl/N-ethyl adjacent to an activating group) is 1. The van der Waals surface area contributed by atoms with Crippen LogP contribution in [-0.2, 0) is 16.0 Å². The second-order valence-electron chi connectivity index (χ2n) is 10.8. The van der Waals surface area contributed by atoms with Gasteiger partial charge < -0.3 is 25.3 Å². The smallest absolute Gasteiger partial charge is 0.257 e. The highest BCUT2D eigenvalue weighted by atomic mass is 16.5. The van der Waals surface area contributed by atoms with Crippen LogP contribution in [0.2, 0.25) is 0 Å². The summed E-state index contributed by atoms with van der Waals surface area (Å²) in [5.74, 6) is 0.0299. The number of rotatable bonds is 9. The van der Waals surface area contributed by atoms with E-state index in [0.29, 0.717) is 24.3 Å². The molecule has 6 rings (SSSR count). The Bertz CT molecular complexity index is 1530. The Morgan fingerprint density at radius 1 is 1.02 bits per heavy atom. The van der Waals surface area contributed by atoms with Gasteiger partial charge in [-0.1, -0.05) is 48.5 Å². The number of morpholine rings is 1. The van der Waals surface area contributed by atoms with Gasteiger partial charge in [0.1, 0.15) is 5.82 Å². The molecule has 2 aromatic carbocycles. The predicted octanol–water partition coefficient (Wildman–Crippen LogP) is 4.89. The van der Waals surface area contributed by atoms with Crippen molar-refractivity contribution >= 4 is 29.0 Å². The molecule has 0 saturated carbocycles. The van der Waals surface area contributed by atoms with Gasteiger partial charge in [0.2, 0.25) is 5.91 Å². The molecule has 3 N–H and O–H groups in total. The minimum absolute atomic E-state index is 0.0225. The maximum Gasteiger partial charge on any atom is 0.257 e. The summed E-state index contributed by atoms with van der Waals surface area (Å²) < 4.78 is 5.49. The summed E-state index contributed by atoms with van der Waals surface area (Å²) in [6, 6.07) is 23.5. The molecule has 2 amide bonds. The van der Waals surface area contributed by atoms with Gasteiger partial charge >= 0.3 is 0 Å². The number of para-hydroxylation sites is 1. The van der Waals surface area contributed by atoms with Crippen molar-refractivity contribution in [1.82, 2.24) is 19.8 Å². The average molecular weight is 565 g/mol. The summed E-state index contributed by atoms with van der Waals surface area (Å²) in [4.78, 5) is 39.1. The van der Waals surface area contributed by atoms with Crippen molar-refractivity contribution in [3.05, 3.63) is 95.8 Å². The molecule has 0 unspecified atom stereocenters. The normalized spacial score (nSPS) is 16.1. The lowest BCUT2D eigenvalue weighted by Crippen LogP contribution is -2.38. The molecule has 2 aromatic heterocycles. The topological polar surface area (TPSA) is 103 Å². The number of hydrogen-bond donors (Lipinski definition) is 3. The molecule has 216 valence electrons. The molecule has 1 saturated heterocycles. The Hall–Kier alpha value is -4.47. The van der Waals surface area contributed by atoms with E-state index in [1.54, 1.807) is 11.1 Å². The first-order valence-corrected chi connectivity index (χ1v) is 14.5. The van der Waals surface area contributed by atoms with Crippen molar-refractivity contribution in [2.24, 2.45) is 0 Å². The van der Waals surface area contributed by atoms with Crippen LogP contribution in [0.3, 0.4) is 0 Å². The highest BCUT2D eigenvalue weighted by Gasteiger charge is 2.30. The number of pyridine rings is 1. The summed E-state index contributed by atoms with van der Waals surface area (Å²) in [6.45, 7) is 4.68. The number of H-pyrrole nitrogens is 1. The number of nitrogens with zero attached hydrogens (tertiary/aromatic N) is 3. The van der Waals surface area contributed by atoms with E-state index >= 15 is 0 Å². The maximum atomic E-state index is 13.7. The lowest BCUT2D eigenvalue weighted by Gasteiger charge is -2.28. The Morgan fingerprint density at radius 2 is 1.76 bits per heavy atom. The number of hydrogen-bond acceptors (Lipinski definition) is 6. The molecular weight excluding hydrogens is 528 g/mol. The number of aromatic nitrogens is 2. The molecule has 0 spiro atoms. The number of carbonyl (C=O) groups excluding carboxylic acids is 2. The van der Waals surface area contributed by atoms with E-state index in [1.165, 1.54) is 0 Å². The van der Waals surface area contributed by atoms with Crippen molar-refractivity contribution in [2.45, 2.75) is 18.8 Å². The zero-order valence-electron chi connectivity index (χ0n) is 23.8. The van der Waals surface area contributed by atoms with Gasteiger partial charge in [0, 0.05) is 56.2 Å². The molecule has 0 radical (unpaired) electrons. The number of nitrogens with one attached hydrogen (secondary N) is 3. The molecule has 1 fully saturated rings. The molecule has 42 heavy (non-hydrogen) atoms. The Kier molecular flexibility index (Phi) is 8.30. The highest BCUT2D eigenvalue weighted by Crippen LogP contribution is 2.38. The average Bonchev–Trinajstić information content (AvgIpc) is 3.39. The van der Waals surface area contributed by atoms with Crippen molar-refractivity contribution in [3.8, 4) is 11.3 Å². The predicted molar refractivity (Wildman–Crippen MR) is 164 cm³/mol. The molecule has 1 atom stereocenters. The molecule has 0 aliphatic carbocycles. The van der Waals surface area contributed by atoms with Crippen LogP contribution in [0.5, 0.6) is 0 Å². The molecule has 2 aliphatic heterocycles. The van der Waals surface area contributed by atoms with E-state index < -0.39 is 0 Å². The number of ether oxygens (including phenoxy) is 1. The van der Waals surface area contributed by atoms with Crippen LogP contribution in [-0.4, -0.2) is 78.0 Å². The van der Waals surface area contributed by atoms with Crippen LogP contribution in [0.4, 0.5) is 17.2 Å². The molecule has 9 heteroatoms. The van der Waals surface area contributed by atoms with Crippen molar-refractivity contribution in [1.29, 1.82) is 0 Å². The quantitative estimate of drug-likeness (QED) is 0.268. The van der Waals surface area contributed by atoms with Gasteiger partial charge in [-0.15, -0.1) is 0 Å². The van der Waals surface area contributed by atoms with Crippen molar-refractivity contribution in [3.63, 3.8) is 0 Å². The third-order valence-corrected chi connectivity index (χ3v) is 8.03. The van der Waals surface area contributed by atoms with Crippen molar-refractivity contribution < 1.29 is 14.3 Å². The van der Waals surface area contributed by atoms with Gasteiger partial charge in [-0.05, 0) is 42.8 Å². The van der Waals surface area contributed by atoms with E-state index in [-0.39, 0.29) is 17.7 Å². The highest BCUT2D eigenvalue weighted by molar-refractivity contribution is 6.06. The summed E-state index contributed by atoms with van der Waals surface area (Å²) in [5, 5.41) is 6.56. The van der Waals surface area contributed by atoms with E-state index in [4.69, 9.17) is 4.74 Å². The SMILES string of the molecule is CN1CCc2[nH]c(-c3ccnc(NC(=O)[C@@H](CCN4CCOCC4)c4ccccc4)c3)c(Nc3ccccc3)c2C1=O. The second kappa shape index (κ2) is 12.6. The molecule has 9 nitrogen and oxygen atoms in total. The number of aromatic amines is 1. The van der Waals surface area contributed by atoms with E-state index in [2.05, 4.69) is 25.5 Å². The summed E-state index contributed by atoms with van der Waals surface area (Å²) >= 11 is 0. The van der Waals surface area contributed by atoms with Gasteiger partial charge in [-0.2, -0.15) is 0 Å². The fourth-order valence-corrected chi connectivity index (χ4v) is 5.69. The van der Waals surface area contributed by atoms with Gasteiger partial charge in [0.25, 0.3) is 5.91 Å². The van der Waals surface area contributed by atoms with Gasteiger partial charge in [-0.25, -0.2) is 4.98 Å². The third kappa shape index (κ3) is 6.07. The largest absolute Gasteiger partial charge is 0.379 e. The van der Waals surface area contributed by atoms with Crippen LogP contribution in [0, 0.1) is 0 Å². The zero-order chi connectivity index (χ0) is 28.9. The Morgan fingerprint density at radius 3 is 2.52 bits per heavy atom. The second-order valence-corrected chi connectivity index (χ2v) is 10.8. The molecule has 4 aromatic rings. The number of carbonyl (C=O) groups is 2. The number of amides is 2. The van der Waals surface area contributed by atoms with Crippen molar-refractivity contribution in [2.75, 3.05) is 57.1 Å². The number of benzene rings is 2. The Labute approximate surface area is 245 Å². The van der Waals surface area contributed by atoms with Crippen LogP contribution < -0.4 is 10.6 Å². The molecule has 2 aliphatic rings. The minimum atomic E-state index is -0.319. The summed E-state index contributed by atoms with van der Waals surface area (Å²) in [6.07, 6.45) is 3.12. The lowest BCUT2D eigenvalue weighted by molar-refractivity contribution is -0.117. The van der Waals surface area contributed by atoms with E-state index in [0.717, 1.165) is 73.2 Å². The minimum Gasteiger partial charge on any atom is -0.379 e. The van der Waals surface area contributed by atoms with Crippen LogP contribution in [0.15, 0.2) is 79.0 Å². The first kappa shape index (κ1) is 27.7. The summed E-state index contributed by atoms with van der Waals surface area (Å²) in [7, 11) is 1.83. The Balaban J connectivity index is 1.28. The first-order valence-electron chi connectivity index (χ1n) is 14.5. The standard InChI is InChI=1S/C33H36N6O3/c1-38-16-14-27-29(33(38)41)31(35-25-10-6-3-7-11-25)30(36-27)24-12-15-34-28(22-24)37-32(40)26(23-8-4-2-5-9-23)13-17-39-18-20-42-21-19-39/h2-12,15,22,26,35-36H,13-14,16-21H2,1H3,(H,34,37,40)/t26-/m0/s1. The number of fused-ring (bicyclic) bond motifs is 1. The molecular formula is C33H36N6O3. The molecule has 4 heterocycles. The number of anilines is 3. The fourth-order valence-electron chi connectivity index (χ4n) is 5.69. The van der Waals surface area contributed by atoms with E-state index in [1.807, 2.05) is 79.8 Å². The summed E-state index contributed by atoms with van der Waals surface area (Å²) in [5.41, 5.74) is 5.76. The van der Waals surface area contributed by atoms with Gasteiger partial charge in [-0.3, -0.25) is 14.5 Å². The van der Waals surface area contributed by atoms with Crippen LogP contribution >= 0.6 is 0 Å². The maximum absolute atomic E-state index is 13.7.